The van der Waals surface area contributed by atoms with E-state index in [1.165, 1.54) is 12.8 Å². The van der Waals surface area contributed by atoms with E-state index in [2.05, 4.69) is 27.5 Å². The Bertz CT molecular complexity index is 314. The van der Waals surface area contributed by atoms with Gasteiger partial charge in [-0.1, -0.05) is 18.9 Å². The summed E-state index contributed by atoms with van der Waals surface area (Å²) in [6.07, 6.45) is 6.94. The smallest absolute Gasteiger partial charge is 0.222 e. The molecule has 5 nitrogen and oxygen atoms in total. The van der Waals surface area contributed by atoms with Crippen molar-refractivity contribution in [3.8, 4) is 0 Å². The van der Waals surface area contributed by atoms with Gasteiger partial charge in [-0.05, 0) is 19.8 Å². The average molecular weight is 394 g/mol. The molecule has 0 spiro atoms. The lowest BCUT2D eigenvalue weighted by Gasteiger charge is -2.12. The van der Waals surface area contributed by atoms with Gasteiger partial charge in [0.1, 0.15) is 0 Å². The molecule has 1 aliphatic rings. The van der Waals surface area contributed by atoms with Crippen molar-refractivity contribution in [2.24, 2.45) is 4.99 Å². The normalized spacial score (nSPS) is 15.3. The van der Waals surface area contributed by atoms with Gasteiger partial charge in [0.25, 0.3) is 0 Å². The molecular weight excluding hydrogens is 367 g/mol. The van der Waals surface area contributed by atoms with Gasteiger partial charge in [-0.2, -0.15) is 0 Å². The van der Waals surface area contributed by atoms with Crippen molar-refractivity contribution >= 4 is 35.8 Å². The van der Waals surface area contributed by atoms with Gasteiger partial charge < -0.3 is 16.0 Å². The summed E-state index contributed by atoms with van der Waals surface area (Å²) >= 11 is 0. The monoisotopic (exact) mass is 394 g/mol. The number of nitrogens with one attached hydrogen (secondary N) is 3. The van der Waals surface area contributed by atoms with Crippen molar-refractivity contribution < 1.29 is 4.79 Å². The molecule has 0 aromatic heterocycles. The van der Waals surface area contributed by atoms with Crippen molar-refractivity contribution in [1.29, 1.82) is 0 Å². The van der Waals surface area contributed by atoms with E-state index in [0.717, 1.165) is 25.3 Å². The summed E-state index contributed by atoms with van der Waals surface area (Å²) in [5.41, 5.74) is 0. The van der Waals surface area contributed by atoms with Crippen LogP contribution in [0.25, 0.3) is 0 Å². The summed E-state index contributed by atoms with van der Waals surface area (Å²) in [4.78, 5) is 16.1. The molecule has 0 aromatic carbocycles. The number of hydrogen-bond donors (Lipinski definition) is 3. The number of rotatable bonds is 7. The van der Waals surface area contributed by atoms with E-state index in [4.69, 9.17) is 0 Å². The van der Waals surface area contributed by atoms with E-state index in [0.29, 0.717) is 25.6 Å². The molecule has 0 saturated heterocycles. The first-order valence-corrected chi connectivity index (χ1v) is 7.18. The van der Waals surface area contributed by atoms with Crippen LogP contribution in [0.1, 0.15) is 39.0 Å². The van der Waals surface area contributed by atoms with E-state index in [-0.39, 0.29) is 29.9 Å². The molecule has 6 heteroatoms. The summed E-state index contributed by atoms with van der Waals surface area (Å²) in [6, 6.07) is 0.392. The second-order valence-corrected chi connectivity index (χ2v) is 4.73. The first kappa shape index (κ1) is 19.2. The number of aliphatic imine (C=N–C) groups is 1. The highest BCUT2D eigenvalue weighted by atomic mass is 127. The molecule has 1 saturated carbocycles. The summed E-state index contributed by atoms with van der Waals surface area (Å²) in [7, 11) is 0. The topological polar surface area (TPSA) is 65.5 Å². The number of nitrogens with zero attached hydrogens (tertiary/aromatic N) is 1. The van der Waals surface area contributed by atoms with E-state index >= 15 is 0 Å². The molecule has 20 heavy (non-hydrogen) atoms. The van der Waals surface area contributed by atoms with Crippen LogP contribution in [0, 0.1) is 0 Å². The molecule has 0 unspecified atom stereocenters. The molecule has 116 valence electrons. The van der Waals surface area contributed by atoms with E-state index in [9.17, 15) is 4.79 Å². The Balaban J connectivity index is 0.00000361. The molecular formula is C14H27IN4O. The maximum absolute atomic E-state index is 11.7. The Kier molecular flexibility index (Phi) is 11.5. The first-order valence-electron chi connectivity index (χ1n) is 7.18. The van der Waals surface area contributed by atoms with Gasteiger partial charge in [0.15, 0.2) is 5.96 Å². The lowest BCUT2D eigenvalue weighted by atomic mass is 10.2. The number of halogens is 1. The lowest BCUT2D eigenvalue weighted by Crippen LogP contribution is -2.38. The highest BCUT2D eigenvalue weighted by Crippen LogP contribution is 2.17. The second kappa shape index (κ2) is 12.0. The number of amides is 1. The number of carbonyl (C=O) groups is 1. The van der Waals surface area contributed by atoms with Crippen LogP contribution in [-0.2, 0) is 4.79 Å². The van der Waals surface area contributed by atoms with Crippen LogP contribution in [-0.4, -0.2) is 37.5 Å². The molecule has 0 heterocycles. The molecule has 1 fully saturated rings. The predicted molar refractivity (Wildman–Crippen MR) is 94.6 cm³/mol. The van der Waals surface area contributed by atoms with E-state index in [1.807, 2.05) is 6.92 Å². The van der Waals surface area contributed by atoms with Crippen LogP contribution in [0.15, 0.2) is 17.6 Å². The molecule has 1 rings (SSSR count). The van der Waals surface area contributed by atoms with Gasteiger partial charge in [-0.3, -0.25) is 9.79 Å². The van der Waals surface area contributed by atoms with Gasteiger partial charge in [0.05, 0.1) is 6.54 Å². The van der Waals surface area contributed by atoms with Crippen LogP contribution in [0.2, 0.25) is 0 Å². The highest BCUT2D eigenvalue weighted by Gasteiger charge is 2.16. The third-order valence-corrected chi connectivity index (χ3v) is 3.09. The Morgan fingerprint density at radius 3 is 2.65 bits per heavy atom. The minimum absolute atomic E-state index is 0. The third-order valence-electron chi connectivity index (χ3n) is 3.09. The number of carbonyl (C=O) groups excluding carboxylic acids is 1. The second-order valence-electron chi connectivity index (χ2n) is 4.73. The average Bonchev–Trinajstić information content (AvgIpc) is 2.88. The summed E-state index contributed by atoms with van der Waals surface area (Å²) < 4.78 is 0. The standard InChI is InChI=1S/C14H26N4O.HI/c1-3-10-16-14(15-4-2)17-11-9-13(19)18-12-7-5-6-8-12;/h3,12H,1,4-11H2,2H3,(H,18,19)(H2,15,16,17);1H. The van der Waals surface area contributed by atoms with Crippen molar-refractivity contribution in [2.75, 3.05) is 19.6 Å². The van der Waals surface area contributed by atoms with Crippen LogP contribution in [0.5, 0.6) is 0 Å². The van der Waals surface area contributed by atoms with Crippen LogP contribution >= 0.6 is 24.0 Å². The van der Waals surface area contributed by atoms with Gasteiger partial charge in [0, 0.05) is 25.6 Å². The predicted octanol–water partition coefficient (Wildman–Crippen LogP) is 1.79. The molecule has 0 aliphatic heterocycles. The fraction of sp³-hybridized carbons (Fsp3) is 0.714. The maximum Gasteiger partial charge on any atom is 0.222 e. The SMILES string of the molecule is C=CCNC(=NCCC(=O)NC1CCCC1)NCC.I. The number of hydrogen-bond acceptors (Lipinski definition) is 2. The zero-order valence-corrected chi connectivity index (χ0v) is 14.6. The molecule has 0 aromatic rings. The minimum Gasteiger partial charge on any atom is -0.357 e. The quantitative estimate of drug-likeness (QED) is 0.267. The van der Waals surface area contributed by atoms with Crippen molar-refractivity contribution in [2.45, 2.75) is 45.1 Å². The Labute approximate surface area is 139 Å². The van der Waals surface area contributed by atoms with Gasteiger partial charge in [0.2, 0.25) is 5.91 Å². The molecule has 3 N–H and O–H groups in total. The molecule has 1 amide bonds. The van der Waals surface area contributed by atoms with E-state index < -0.39 is 0 Å². The molecule has 0 bridgehead atoms. The number of guanidine groups is 1. The fourth-order valence-electron chi connectivity index (χ4n) is 2.15. The van der Waals surface area contributed by atoms with Gasteiger partial charge in [-0.15, -0.1) is 30.6 Å². The lowest BCUT2D eigenvalue weighted by molar-refractivity contribution is -0.121. The van der Waals surface area contributed by atoms with Crippen molar-refractivity contribution in [3.05, 3.63) is 12.7 Å². The molecule has 0 atom stereocenters. The summed E-state index contributed by atoms with van der Waals surface area (Å²) in [6.45, 7) is 7.64. The third kappa shape index (κ3) is 8.39. The fourth-order valence-corrected chi connectivity index (χ4v) is 2.15. The Hall–Kier alpha value is -0.790. The zero-order chi connectivity index (χ0) is 13.9. The van der Waals surface area contributed by atoms with Crippen molar-refractivity contribution in [1.82, 2.24) is 16.0 Å². The van der Waals surface area contributed by atoms with Crippen LogP contribution in [0.4, 0.5) is 0 Å². The first-order chi connectivity index (χ1) is 9.26. The minimum atomic E-state index is 0. The molecule has 0 radical (unpaired) electrons. The van der Waals surface area contributed by atoms with Gasteiger partial charge >= 0.3 is 0 Å². The summed E-state index contributed by atoms with van der Waals surface area (Å²) in [5.74, 6) is 0.839. The Morgan fingerprint density at radius 1 is 1.35 bits per heavy atom. The van der Waals surface area contributed by atoms with Crippen molar-refractivity contribution in [3.63, 3.8) is 0 Å². The maximum atomic E-state index is 11.7. The highest BCUT2D eigenvalue weighted by molar-refractivity contribution is 14.0. The zero-order valence-electron chi connectivity index (χ0n) is 12.3. The molecule has 1 aliphatic carbocycles. The van der Waals surface area contributed by atoms with Crippen LogP contribution < -0.4 is 16.0 Å². The summed E-state index contributed by atoms with van der Waals surface area (Å²) in [5, 5.41) is 9.29. The van der Waals surface area contributed by atoms with Gasteiger partial charge in [-0.25, -0.2) is 0 Å². The largest absolute Gasteiger partial charge is 0.357 e. The van der Waals surface area contributed by atoms with E-state index in [1.54, 1.807) is 6.08 Å². The Morgan fingerprint density at radius 2 is 2.05 bits per heavy atom. The van der Waals surface area contributed by atoms with Crippen LogP contribution in [0.3, 0.4) is 0 Å².